The summed E-state index contributed by atoms with van der Waals surface area (Å²) in [5.74, 6) is -5.16. The molecule has 4 rings (SSSR count). The Hall–Kier alpha value is -3.14. The summed E-state index contributed by atoms with van der Waals surface area (Å²) in [4.78, 5) is 29.0. The molecular weight excluding hydrogens is 911 g/mol. The van der Waals surface area contributed by atoms with Crippen molar-refractivity contribution in [3.8, 4) is 0 Å². The van der Waals surface area contributed by atoms with Gasteiger partial charge in [-0.3, -0.25) is 0 Å². The van der Waals surface area contributed by atoms with Gasteiger partial charge in [-0.05, 0) is 51.2 Å². The number of esters is 2. The van der Waals surface area contributed by atoms with Crippen molar-refractivity contribution in [2.45, 2.75) is 183 Å². The number of fused-ring (bicyclic) bond motifs is 1. The summed E-state index contributed by atoms with van der Waals surface area (Å²) < 4.78 is 152. The molecule has 0 amide bonds. The van der Waals surface area contributed by atoms with Gasteiger partial charge in [-0.15, -0.1) is 0 Å². The van der Waals surface area contributed by atoms with Crippen LogP contribution in [0.5, 0.6) is 0 Å². The number of carbonyl (C=O) groups is 2. The zero-order valence-electron chi connectivity index (χ0n) is 40.6. The van der Waals surface area contributed by atoms with Crippen LogP contribution in [0.3, 0.4) is 0 Å². The molecule has 2 fully saturated rings. The molecule has 2 saturated heterocycles. The number of carbonyl (C=O) groups excluding carboxylic acids is 2. The molecule has 2 aliphatic rings. The molecular formula is C48H70F6O12Si. The van der Waals surface area contributed by atoms with Crippen LogP contribution in [-0.4, -0.2) is 116 Å². The first-order chi connectivity index (χ1) is 31.3. The Balaban J connectivity index is 1.91. The lowest BCUT2D eigenvalue weighted by Crippen LogP contribution is -2.59. The van der Waals surface area contributed by atoms with Gasteiger partial charge in [0.05, 0.1) is 12.2 Å². The molecule has 0 bridgehead atoms. The highest BCUT2D eigenvalue weighted by Gasteiger charge is 2.67. The highest BCUT2D eigenvalue weighted by molar-refractivity contribution is 6.74. The Morgan fingerprint density at radius 3 is 1.67 bits per heavy atom. The Morgan fingerprint density at radius 2 is 1.21 bits per heavy atom. The number of ether oxygens (including phenoxy) is 9. The number of benzene rings is 2. The summed E-state index contributed by atoms with van der Waals surface area (Å²) in [7, 11) is 0.520. The topological polar surface area (TPSA) is 126 Å². The van der Waals surface area contributed by atoms with Gasteiger partial charge in [0.15, 0.2) is 14.1 Å². The van der Waals surface area contributed by atoms with Crippen molar-refractivity contribution >= 4 is 20.3 Å². The van der Waals surface area contributed by atoms with Crippen molar-refractivity contribution in [1.29, 1.82) is 0 Å². The van der Waals surface area contributed by atoms with Crippen molar-refractivity contribution in [1.82, 2.24) is 0 Å². The molecule has 9 atom stereocenters. The first kappa shape index (κ1) is 56.4. The molecule has 12 nitrogen and oxygen atoms in total. The van der Waals surface area contributed by atoms with Crippen molar-refractivity contribution < 1.29 is 83.0 Å². The standard InChI is InChI=1S/C48H70F6O12Si/c1-12-13-14-15-22-27-34(63-41(55)45(58-8,47(49,50)51)32-23-18-16-19-24-32)36(64-42(56)46(59-9,48(52,53)54)33-25-20-17-21-26-33)30-37-39-40(66-44(5,6)65-39)38(60-31-57-7)35(62-37)28-29-61-67(10,11)43(2,3)4/h16-21,23-26,34-40H,12-15,22,27-31H2,1-11H3/t34-,35+,36-,37-,38-,39-,40+,45+,46+/m1/s1. The van der Waals surface area contributed by atoms with E-state index >= 15 is 26.3 Å². The molecule has 0 radical (unpaired) electrons. The molecule has 0 aromatic heterocycles. The summed E-state index contributed by atoms with van der Waals surface area (Å²) in [6, 6.07) is 12.1. The van der Waals surface area contributed by atoms with E-state index < -0.39 is 110 Å². The first-order valence-corrected chi connectivity index (χ1v) is 25.7. The normalized spacial score (nSPS) is 23.9. The lowest BCUT2D eigenvalue weighted by molar-refractivity contribution is -0.287. The second-order valence-electron chi connectivity index (χ2n) is 19.0. The Bertz CT molecular complexity index is 1850. The van der Waals surface area contributed by atoms with Crippen molar-refractivity contribution in [3.05, 3.63) is 71.8 Å². The second kappa shape index (κ2) is 23.2. The number of rotatable bonds is 24. The van der Waals surface area contributed by atoms with Crippen molar-refractivity contribution in [2.75, 3.05) is 34.7 Å². The average Bonchev–Trinajstić information content (AvgIpc) is 3.58. The molecule has 0 unspecified atom stereocenters. The largest absolute Gasteiger partial charge is 0.456 e. The van der Waals surface area contributed by atoms with Crippen LogP contribution in [0.2, 0.25) is 18.1 Å². The first-order valence-electron chi connectivity index (χ1n) is 22.8. The molecule has 2 aliphatic heterocycles. The molecule has 19 heteroatoms. The average molecular weight is 981 g/mol. The molecule has 380 valence electrons. The summed E-state index contributed by atoms with van der Waals surface area (Å²) in [5.41, 5.74) is -8.69. The minimum absolute atomic E-state index is 0.146. The van der Waals surface area contributed by atoms with Gasteiger partial charge in [-0.1, -0.05) is 114 Å². The third-order valence-corrected chi connectivity index (χ3v) is 17.5. The van der Waals surface area contributed by atoms with Gasteiger partial charge < -0.3 is 47.1 Å². The van der Waals surface area contributed by atoms with Crippen LogP contribution in [-0.2, 0) is 67.8 Å². The van der Waals surface area contributed by atoms with Gasteiger partial charge in [0.2, 0.25) is 0 Å². The van der Waals surface area contributed by atoms with Gasteiger partial charge in [0.1, 0.15) is 37.3 Å². The summed E-state index contributed by atoms with van der Waals surface area (Å²) in [5, 5.41) is -0.146. The molecule has 2 heterocycles. The maximum atomic E-state index is 15.5. The smallest absolute Gasteiger partial charge is 0.432 e. The van der Waals surface area contributed by atoms with E-state index in [9.17, 15) is 9.59 Å². The van der Waals surface area contributed by atoms with E-state index in [0.29, 0.717) is 27.1 Å². The second-order valence-corrected chi connectivity index (χ2v) is 23.8. The highest BCUT2D eigenvalue weighted by Crippen LogP contribution is 2.47. The van der Waals surface area contributed by atoms with Crippen LogP contribution in [0.1, 0.15) is 104 Å². The van der Waals surface area contributed by atoms with Gasteiger partial charge >= 0.3 is 24.3 Å². The van der Waals surface area contributed by atoms with Gasteiger partial charge in [0, 0.05) is 45.5 Å². The van der Waals surface area contributed by atoms with Gasteiger partial charge in [-0.2, -0.15) is 26.3 Å². The minimum atomic E-state index is -5.44. The Morgan fingerprint density at radius 1 is 0.716 bits per heavy atom. The molecule has 0 N–H and O–H groups in total. The van der Waals surface area contributed by atoms with E-state index in [-0.39, 0.29) is 37.7 Å². The maximum Gasteiger partial charge on any atom is 0.432 e. The molecule has 0 saturated carbocycles. The van der Waals surface area contributed by atoms with E-state index in [1.165, 1.54) is 43.5 Å². The summed E-state index contributed by atoms with van der Waals surface area (Å²) in [6.07, 6.45) is -17.0. The summed E-state index contributed by atoms with van der Waals surface area (Å²) >= 11 is 0. The zero-order valence-corrected chi connectivity index (χ0v) is 41.6. The van der Waals surface area contributed by atoms with Gasteiger partial charge in [0.25, 0.3) is 11.2 Å². The van der Waals surface area contributed by atoms with E-state index in [0.717, 1.165) is 37.1 Å². The number of methoxy groups -OCH3 is 3. The van der Waals surface area contributed by atoms with Crippen molar-refractivity contribution in [2.24, 2.45) is 0 Å². The molecule has 0 spiro atoms. The number of alkyl halides is 6. The van der Waals surface area contributed by atoms with E-state index in [1.807, 2.05) is 6.92 Å². The number of unbranched alkanes of at least 4 members (excludes halogenated alkanes) is 4. The van der Waals surface area contributed by atoms with Crippen LogP contribution >= 0.6 is 0 Å². The van der Waals surface area contributed by atoms with Crippen LogP contribution in [0, 0.1) is 0 Å². The van der Waals surface area contributed by atoms with E-state index in [2.05, 4.69) is 33.9 Å². The lowest BCUT2D eigenvalue weighted by atomic mass is 9.88. The van der Waals surface area contributed by atoms with Crippen LogP contribution in [0.25, 0.3) is 0 Å². The monoisotopic (exact) mass is 980 g/mol. The Kier molecular flexibility index (Phi) is 19.5. The highest BCUT2D eigenvalue weighted by atomic mass is 28.4. The fourth-order valence-electron chi connectivity index (χ4n) is 8.36. The fraction of sp³-hybridized carbons (Fsp3) is 0.708. The maximum absolute atomic E-state index is 15.5. The molecule has 2 aromatic carbocycles. The third-order valence-electron chi connectivity index (χ3n) is 13.0. The third kappa shape index (κ3) is 13.0. The lowest BCUT2D eigenvalue weighted by Gasteiger charge is -2.44. The molecule has 2 aromatic rings. The molecule has 67 heavy (non-hydrogen) atoms. The predicted molar refractivity (Wildman–Crippen MR) is 237 cm³/mol. The Labute approximate surface area is 392 Å². The number of hydrogen-bond donors (Lipinski definition) is 0. The van der Waals surface area contributed by atoms with Crippen LogP contribution in [0.15, 0.2) is 60.7 Å². The number of halogens is 6. The summed E-state index contributed by atoms with van der Waals surface area (Å²) in [6.45, 7) is 15.7. The fourth-order valence-corrected chi connectivity index (χ4v) is 9.42. The predicted octanol–water partition coefficient (Wildman–Crippen LogP) is 10.5. The van der Waals surface area contributed by atoms with Gasteiger partial charge in [-0.25, -0.2) is 9.59 Å². The van der Waals surface area contributed by atoms with Crippen molar-refractivity contribution in [3.63, 3.8) is 0 Å². The number of hydrogen-bond acceptors (Lipinski definition) is 12. The van der Waals surface area contributed by atoms with E-state index in [4.69, 9.17) is 47.1 Å². The molecule has 0 aliphatic carbocycles. The zero-order chi connectivity index (χ0) is 50.1. The SMILES string of the molecule is CCCCCCC[C@@H](OC(=O)[C@@](OC)(c1ccccc1)C(F)(F)F)[C@@H](C[C@H]1O[C@@H](CCO[Si](C)(C)C(C)(C)C)[C@@H](OCOC)[C@@H]2OC(C)(C)O[C@@H]21)OC(=O)[C@@](OC)(c1ccccc1)C(F)(F)F. The minimum Gasteiger partial charge on any atom is -0.456 e. The van der Waals surface area contributed by atoms with Crippen LogP contribution in [0.4, 0.5) is 26.3 Å². The quantitative estimate of drug-likeness (QED) is 0.0327. The van der Waals surface area contributed by atoms with E-state index in [1.54, 1.807) is 13.8 Å². The van der Waals surface area contributed by atoms with Crippen LogP contribution < -0.4 is 0 Å².